The van der Waals surface area contributed by atoms with Crippen LogP contribution in [-0.4, -0.2) is 45.3 Å². The lowest BCUT2D eigenvalue weighted by Crippen LogP contribution is -2.40. The Bertz CT molecular complexity index is 448. The fraction of sp³-hybridized carbons (Fsp3) is 0.600. The van der Waals surface area contributed by atoms with Crippen LogP contribution in [0.2, 0.25) is 5.02 Å². The summed E-state index contributed by atoms with van der Waals surface area (Å²) < 4.78 is 10.6. The van der Waals surface area contributed by atoms with E-state index in [0.29, 0.717) is 22.6 Å². The molecule has 1 aliphatic heterocycles. The maximum atomic E-state index is 6.43. The standard InChI is InChI=1S/C15H23ClN2O2/c1-18(12-6-8-17-9-7-12)10-11-4-5-13(19-2)15(20-3)14(11)16/h4-5,12,17H,6-10H2,1-3H3. The summed E-state index contributed by atoms with van der Waals surface area (Å²) in [5.41, 5.74) is 1.07. The quantitative estimate of drug-likeness (QED) is 0.906. The van der Waals surface area contributed by atoms with Crippen molar-refractivity contribution in [2.45, 2.75) is 25.4 Å². The Morgan fingerprint density at radius 1 is 1.25 bits per heavy atom. The summed E-state index contributed by atoms with van der Waals surface area (Å²) in [6, 6.07) is 4.54. The molecule has 0 saturated carbocycles. The Balaban J connectivity index is 2.12. The van der Waals surface area contributed by atoms with E-state index in [1.165, 1.54) is 12.8 Å². The van der Waals surface area contributed by atoms with Crippen molar-refractivity contribution in [1.29, 1.82) is 0 Å². The average molecular weight is 299 g/mol. The van der Waals surface area contributed by atoms with Gasteiger partial charge in [0.25, 0.3) is 0 Å². The van der Waals surface area contributed by atoms with Crippen LogP contribution in [0, 0.1) is 0 Å². The molecular formula is C15H23ClN2O2. The average Bonchev–Trinajstić information content (AvgIpc) is 2.49. The largest absolute Gasteiger partial charge is 0.493 e. The van der Waals surface area contributed by atoms with Gasteiger partial charge in [0.1, 0.15) is 0 Å². The zero-order valence-corrected chi connectivity index (χ0v) is 13.2. The first-order valence-electron chi connectivity index (χ1n) is 6.97. The minimum Gasteiger partial charge on any atom is -0.493 e. The molecule has 20 heavy (non-hydrogen) atoms. The first-order chi connectivity index (χ1) is 9.67. The number of halogens is 1. The van der Waals surface area contributed by atoms with Gasteiger partial charge in [-0.1, -0.05) is 17.7 Å². The topological polar surface area (TPSA) is 33.7 Å². The van der Waals surface area contributed by atoms with E-state index in [4.69, 9.17) is 21.1 Å². The summed E-state index contributed by atoms with van der Waals surface area (Å²) in [6.07, 6.45) is 2.36. The highest BCUT2D eigenvalue weighted by atomic mass is 35.5. The van der Waals surface area contributed by atoms with Crippen LogP contribution in [0.3, 0.4) is 0 Å². The van der Waals surface area contributed by atoms with E-state index < -0.39 is 0 Å². The highest BCUT2D eigenvalue weighted by molar-refractivity contribution is 6.33. The van der Waals surface area contributed by atoms with Crippen LogP contribution in [-0.2, 0) is 6.54 Å². The molecular weight excluding hydrogens is 276 g/mol. The van der Waals surface area contributed by atoms with Crippen molar-refractivity contribution in [3.8, 4) is 11.5 Å². The van der Waals surface area contributed by atoms with Crippen LogP contribution in [0.15, 0.2) is 12.1 Å². The number of ether oxygens (including phenoxy) is 2. The van der Waals surface area contributed by atoms with E-state index in [2.05, 4.69) is 17.3 Å². The van der Waals surface area contributed by atoms with Crippen molar-refractivity contribution in [2.75, 3.05) is 34.4 Å². The molecule has 112 valence electrons. The lowest BCUT2D eigenvalue weighted by atomic mass is 10.0. The number of benzene rings is 1. The molecule has 1 saturated heterocycles. The Morgan fingerprint density at radius 2 is 1.95 bits per heavy atom. The molecule has 0 aliphatic carbocycles. The molecule has 1 heterocycles. The van der Waals surface area contributed by atoms with Gasteiger partial charge < -0.3 is 14.8 Å². The van der Waals surface area contributed by atoms with Crippen molar-refractivity contribution < 1.29 is 9.47 Å². The number of hydrogen-bond donors (Lipinski definition) is 1. The van der Waals surface area contributed by atoms with Crippen molar-refractivity contribution >= 4 is 11.6 Å². The fourth-order valence-corrected chi connectivity index (χ4v) is 2.99. The van der Waals surface area contributed by atoms with Crippen molar-refractivity contribution in [1.82, 2.24) is 10.2 Å². The van der Waals surface area contributed by atoms with Crippen molar-refractivity contribution in [3.63, 3.8) is 0 Å². The summed E-state index contributed by atoms with van der Waals surface area (Å²) in [6.45, 7) is 3.01. The maximum absolute atomic E-state index is 6.43. The van der Waals surface area contributed by atoms with Gasteiger partial charge in [0.2, 0.25) is 0 Å². The van der Waals surface area contributed by atoms with E-state index in [0.717, 1.165) is 25.2 Å². The summed E-state index contributed by atoms with van der Waals surface area (Å²) in [7, 11) is 5.39. The third kappa shape index (κ3) is 3.37. The van der Waals surface area contributed by atoms with Gasteiger partial charge in [-0.15, -0.1) is 0 Å². The van der Waals surface area contributed by atoms with Crippen LogP contribution < -0.4 is 14.8 Å². The third-order valence-electron chi connectivity index (χ3n) is 3.92. The monoisotopic (exact) mass is 298 g/mol. The molecule has 0 radical (unpaired) electrons. The van der Waals surface area contributed by atoms with Gasteiger partial charge in [0, 0.05) is 12.6 Å². The first-order valence-corrected chi connectivity index (χ1v) is 7.35. The molecule has 0 spiro atoms. The summed E-state index contributed by atoms with van der Waals surface area (Å²) in [4.78, 5) is 2.37. The van der Waals surface area contributed by atoms with E-state index in [9.17, 15) is 0 Å². The summed E-state index contributed by atoms with van der Waals surface area (Å²) in [5.74, 6) is 1.29. The number of nitrogens with zero attached hydrogens (tertiary/aromatic N) is 1. The van der Waals surface area contributed by atoms with Gasteiger partial charge in [0.15, 0.2) is 11.5 Å². The summed E-state index contributed by atoms with van der Waals surface area (Å²) in [5, 5.41) is 4.03. The number of rotatable bonds is 5. The van der Waals surface area contributed by atoms with Crippen LogP contribution in [0.25, 0.3) is 0 Å². The number of methoxy groups -OCH3 is 2. The van der Waals surface area contributed by atoms with Crippen LogP contribution in [0.1, 0.15) is 18.4 Å². The lowest BCUT2D eigenvalue weighted by molar-refractivity contribution is 0.191. The molecule has 0 aromatic heterocycles. The fourth-order valence-electron chi connectivity index (χ4n) is 2.70. The number of hydrogen-bond acceptors (Lipinski definition) is 4. The highest BCUT2D eigenvalue weighted by Gasteiger charge is 2.20. The Morgan fingerprint density at radius 3 is 2.55 bits per heavy atom. The van der Waals surface area contributed by atoms with Gasteiger partial charge in [0.05, 0.1) is 19.2 Å². The van der Waals surface area contributed by atoms with Crippen molar-refractivity contribution in [2.24, 2.45) is 0 Å². The second-order valence-corrected chi connectivity index (χ2v) is 5.55. The molecule has 4 nitrogen and oxygen atoms in total. The van der Waals surface area contributed by atoms with Gasteiger partial charge in [-0.2, -0.15) is 0 Å². The molecule has 1 aromatic carbocycles. The van der Waals surface area contributed by atoms with Gasteiger partial charge in [-0.25, -0.2) is 0 Å². The predicted octanol–water partition coefficient (Wildman–Crippen LogP) is 2.54. The molecule has 0 atom stereocenters. The van der Waals surface area contributed by atoms with Crippen LogP contribution in [0.4, 0.5) is 0 Å². The zero-order valence-electron chi connectivity index (χ0n) is 12.4. The second-order valence-electron chi connectivity index (χ2n) is 5.17. The molecule has 1 fully saturated rings. The molecule has 1 N–H and O–H groups in total. The predicted molar refractivity (Wildman–Crippen MR) is 81.9 cm³/mol. The minimum atomic E-state index is 0.611. The van der Waals surface area contributed by atoms with Crippen LogP contribution >= 0.6 is 11.6 Å². The highest BCUT2D eigenvalue weighted by Crippen LogP contribution is 2.37. The Hall–Kier alpha value is -0.970. The smallest absolute Gasteiger partial charge is 0.179 e. The number of nitrogens with one attached hydrogen (secondary N) is 1. The van der Waals surface area contributed by atoms with E-state index in [1.54, 1.807) is 14.2 Å². The molecule has 0 amide bonds. The third-order valence-corrected chi connectivity index (χ3v) is 4.33. The Labute approximate surface area is 126 Å². The molecule has 1 aromatic rings. The second kappa shape index (κ2) is 7.16. The Kier molecular flexibility index (Phi) is 5.52. The zero-order chi connectivity index (χ0) is 14.5. The van der Waals surface area contributed by atoms with Gasteiger partial charge in [-0.05, 0) is 44.6 Å². The van der Waals surface area contributed by atoms with Crippen molar-refractivity contribution in [3.05, 3.63) is 22.7 Å². The molecule has 0 unspecified atom stereocenters. The van der Waals surface area contributed by atoms with Gasteiger partial charge in [-0.3, -0.25) is 4.90 Å². The normalized spacial score (nSPS) is 16.4. The molecule has 2 rings (SSSR count). The van der Waals surface area contributed by atoms with E-state index in [-0.39, 0.29) is 0 Å². The molecule has 0 bridgehead atoms. The van der Waals surface area contributed by atoms with E-state index >= 15 is 0 Å². The maximum Gasteiger partial charge on any atom is 0.179 e. The minimum absolute atomic E-state index is 0.611. The lowest BCUT2D eigenvalue weighted by Gasteiger charge is -2.32. The summed E-state index contributed by atoms with van der Waals surface area (Å²) >= 11 is 6.43. The first kappa shape index (κ1) is 15.4. The van der Waals surface area contributed by atoms with E-state index in [1.807, 2.05) is 12.1 Å². The van der Waals surface area contributed by atoms with Crippen LogP contribution in [0.5, 0.6) is 11.5 Å². The number of piperidine rings is 1. The molecule has 5 heteroatoms. The molecule has 1 aliphatic rings. The van der Waals surface area contributed by atoms with Gasteiger partial charge >= 0.3 is 0 Å². The SMILES string of the molecule is COc1ccc(CN(C)C2CCNCC2)c(Cl)c1OC.